The maximum absolute atomic E-state index is 6.30. The molecule has 0 unspecified atom stereocenters. The van der Waals surface area contributed by atoms with Gasteiger partial charge >= 0.3 is 0 Å². The van der Waals surface area contributed by atoms with Gasteiger partial charge in [-0.2, -0.15) is 0 Å². The van der Waals surface area contributed by atoms with Gasteiger partial charge in [0.1, 0.15) is 11.2 Å². The molecule has 1 aromatic rings. The van der Waals surface area contributed by atoms with Crippen molar-refractivity contribution < 1.29 is 4.42 Å². The summed E-state index contributed by atoms with van der Waals surface area (Å²) in [4.78, 5) is 12.0. The number of aromatic nitrogens is 1. The van der Waals surface area contributed by atoms with E-state index in [4.69, 9.17) is 9.40 Å². The SMILES string of the molecule is CC/N=c1/cc2oc3cc4c(cc3nc-2cc1C)CCCN4CCCC(C)C. The fourth-order valence-corrected chi connectivity index (χ4v) is 4.19. The fraction of sp³-hybridized carbons (Fsp3) is 0.500. The summed E-state index contributed by atoms with van der Waals surface area (Å²) in [6.07, 6.45) is 4.85. The lowest BCUT2D eigenvalue weighted by Gasteiger charge is -2.31. The molecular weight excluding hydrogens is 346 g/mol. The third kappa shape index (κ3) is 3.78. The number of hydrogen-bond acceptors (Lipinski definition) is 4. The van der Waals surface area contributed by atoms with E-state index in [-0.39, 0.29) is 0 Å². The van der Waals surface area contributed by atoms with Crippen LogP contribution in [-0.4, -0.2) is 24.6 Å². The Labute approximate surface area is 167 Å². The molecule has 2 heterocycles. The molecule has 1 aliphatic carbocycles. The van der Waals surface area contributed by atoms with Crippen molar-refractivity contribution in [2.75, 3.05) is 24.5 Å². The summed E-state index contributed by atoms with van der Waals surface area (Å²) in [5, 5.41) is 0.994. The normalized spacial score (nSPS) is 15.0. The molecular formula is C24H31N3O. The smallest absolute Gasteiger partial charge is 0.155 e. The van der Waals surface area contributed by atoms with Gasteiger partial charge in [-0.15, -0.1) is 0 Å². The molecule has 3 aliphatic rings. The lowest BCUT2D eigenvalue weighted by molar-refractivity contribution is 0.542. The molecule has 0 N–H and O–H groups in total. The van der Waals surface area contributed by atoms with Crippen LogP contribution in [0.3, 0.4) is 0 Å². The minimum atomic E-state index is 0.762. The van der Waals surface area contributed by atoms with E-state index in [0.717, 1.165) is 65.4 Å². The second-order valence-electron chi connectivity index (χ2n) is 8.37. The molecule has 0 bridgehead atoms. The first-order chi connectivity index (χ1) is 13.5. The molecule has 0 saturated carbocycles. The first-order valence-corrected chi connectivity index (χ1v) is 10.7. The van der Waals surface area contributed by atoms with Crippen molar-refractivity contribution >= 4 is 16.8 Å². The lowest BCUT2D eigenvalue weighted by atomic mass is 9.99. The standard InChI is InChI=1S/C24H31N3O/c1-5-25-19-14-23-20(12-17(19)4)26-21-13-18-9-7-11-27(10-6-8-16(2)3)22(18)15-24(21)28-23/h12-16H,5-11H2,1-4H3/b25-19-. The van der Waals surface area contributed by atoms with E-state index >= 15 is 0 Å². The average molecular weight is 378 g/mol. The van der Waals surface area contributed by atoms with Crippen LogP contribution in [0.2, 0.25) is 0 Å². The number of anilines is 1. The maximum Gasteiger partial charge on any atom is 0.155 e. The number of hydrogen-bond donors (Lipinski definition) is 0. The van der Waals surface area contributed by atoms with E-state index in [1.165, 1.54) is 30.5 Å². The summed E-state index contributed by atoms with van der Waals surface area (Å²) in [6, 6.07) is 8.56. The van der Waals surface area contributed by atoms with Gasteiger partial charge in [0, 0.05) is 37.5 Å². The number of aryl methyl sites for hydroxylation is 2. The summed E-state index contributed by atoms with van der Waals surface area (Å²) in [5.41, 5.74) is 6.61. The molecule has 0 fully saturated rings. The van der Waals surface area contributed by atoms with E-state index in [1.54, 1.807) is 0 Å². The molecule has 4 nitrogen and oxygen atoms in total. The van der Waals surface area contributed by atoms with E-state index < -0.39 is 0 Å². The van der Waals surface area contributed by atoms with Gasteiger partial charge in [0.2, 0.25) is 0 Å². The third-order valence-corrected chi connectivity index (χ3v) is 5.65. The first-order valence-electron chi connectivity index (χ1n) is 10.7. The van der Waals surface area contributed by atoms with Gasteiger partial charge in [-0.05, 0) is 68.7 Å². The second kappa shape index (κ2) is 7.94. The molecule has 0 spiro atoms. The quantitative estimate of drug-likeness (QED) is 0.563. The molecule has 0 radical (unpaired) electrons. The Morgan fingerprint density at radius 2 is 2.07 bits per heavy atom. The van der Waals surface area contributed by atoms with Crippen LogP contribution in [0.25, 0.3) is 22.6 Å². The van der Waals surface area contributed by atoms with Crippen LogP contribution < -0.4 is 10.3 Å². The minimum absolute atomic E-state index is 0.762. The Kier molecular flexibility index (Phi) is 5.38. The number of rotatable bonds is 5. The monoisotopic (exact) mass is 377 g/mol. The molecule has 1 aromatic carbocycles. The molecule has 2 aliphatic heterocycles. The van der Waals surface area contributed by atoms with Crippen molar-refractivity contribution in [1.82, 2.24) is 4.98 Å². The van der Waals surface area contributed by atoms with Crippen molar-refractivity contribution in [3.63, 3.8) is 0 Å². The van der Waals surface area contributed by atoms with Crippen molar-refractivity contribution in [1.29, 1.82) is 0 Å². The van der Waals surface area contributed by atoms with Crippen LogP contribution in [-0.2, 0) is 6.42 Å². The summed E-state index contributed by atoms with van der Waals surface area (Å²) in [7, 11) is 0. The van der Waals surface area contributed by atoms with Crippen molar-refractivity contribution in [3.8, 4) is 11.5 Å². The highest BCUT2D eigenvalue weighted by molar-refractivity contribution is 5.82. The van der Waals surface area contributed by atoms with E-state index in [9.17, 15) is 0 Å². The minimum Gasteiger partial charge on any atom is -0.453 e. The fourth-order valence-electron chi connectivity index (χ4n) is 4.19. The first kappa shape index (κ1) is 19.0. The van der Waals surface area contributed by atoms with Gasteiger partial charge < -0.3 is 9.32 Å². The zero-order chi connectivity index (χ0) is 19.7. The average Bonchev–Trinajstić information content (AvgIpc) is 2.66. The van der Waals surface area contributed by atoms with Gasteiger partial charge in [-0.25, -0.2) is 4.98 Å². The predicted molar refractivity (Wildman–Crippen MR) is 116 cm³/mol. The molecule has 148 valence electrons. The molecule has 0 amide bonds. The largest absolute Gasteiger partial charge is 0.453 e. The zero-order valence-electron chi connectivity index (χ0n) is 17.6. The molecule has 0 atom stereocenters. The molecule has 0 aromatic heterocycles. The van der Waals surface area contributed by atoms with Crippen LogP contribution in [0.5, 0.6) is 0 Å². The van der Waals surface area contributed by atoms with Gasteiger partial charge in [0.25, 0.3) is 0 Å². The maximum atomic E-state index is 6.30. The van der Waals surface area contributed by atoms with Gasteiger partial charge in [-0.3, -0.25) is 4.99 Å². The zero-order valence-corrected chi connectivity index (χ0v) is 17.6. The summed E-state index contributed by atoms with van der Waals surface area (Å²) in [6.45, 7) is 11.8. The van der Waals surface area contributed by atoms with Crippen LogP contribution in [0.4, 0.5) is 5.69 Å². The van der Waals surface area contributed by atoms with Crippen molar-refractivity contribution in [2.45, 2.75) is 53.4 Å². The highest BCUT2D eigenvalue weighted by Gasteiger charge is 2.20. The molecule has 0 saturated heterocycles. The Morgan fingerprint density at radius 3 is 2.86 bits per heavy atom. The van der Waals surface area contributed by atoms with E-state index in [0.29, 0.717) is 0 Å². The van der Waals surface area contributed by atoms with Gasteiger partial charge in [0.15, 0.2) is 11.3 Å². The van der Waals surface area contributed by atoms with Crippen LogP contribution in [0, 0.1) is 12.8 Å². The summed E-state index contributed by atoms with van der Waals surface area (Å²) < 4.78 is 6.30. The number of benzene rings is 2. The van der Waals surface area contributed by atoms with E-state index in [1.807, 2.05) is 6.07 Å². The van der Waals surface area contributed by atoms with Crippen molar-refractivity contribution in [3.05, 3.63) is 40.7 Å². The lowest BCUT2D eigenvalue weighted by Crippen LogP contribution is -2.30. The topological polar surface area (TPSA) is 41.6 Å². The number of fused-ring (bicyclic) bond motifs is 3. The number of nitrogens with zero attached hydrogens (tertiary/aromatic N) is 3. The Balaban J connectivity index is 1.76. The molecule has 4 rings (SSSR count). The van der Waals surface area contributed by atoms with Crippen molar-refractivity contribution in [2.24, 2.45) is 10.9 Å². The van der Waals surface area contributed by atoms with Crippen LogP contribution >= 0.6 is 0 Å². The third-order valence-electron chi connectivity index (χ3n) is 5.65. The second-order valence-corrected chi connectivity index (χ2v) is 8.37. The Morgan fingerprint density at radius 1 is 1.21 bits per heavy atom. The van der Waals surface area contributed by atoms with E-state index in [2.05, 4.69) is 55.8 Å². The predicted octanol–water partition coefficient (Wildman–Crippen LogP) is 5.35. The Bertz CT molecular complexity index is 1020. The summed E-state index contributed by atoms with van der Waals surface area (Å²) in [5.74, 6) is 1.57. The highest BCUT2D eigenvalue weighted by Crippen LogP contribution is 2.33. The highest BCUT2D eigenvalue weighted by atomic mass is 16.3. The molecule has 28 heavy (non-hydrogen) atoms. The van der Waals surface area contributed by atoms with Gasteiger partial charge in [-0.1, -0.05) is 13.8 Å². The van der Waals surface area contributed by atoms with Crippen LogP contribution in [0.15, 0.2) is 33.7 Å². The van der Waals surface area contributed by atoms with Gasteiger partial charge in [0.05, 0.1) is 5.36 Å². The molecule has 4 heteroatoms. The van der Waals surface area contributed by atoms with Crippen LogP contribution in [0.1, 0.15) is 51.2 Å². The summed E-state index contributed by atoms with van der Waals surface area (Å²) >= 11 is 0. The Hall–Kier alpha value is -2.36.